The molecule has 1 saturated heterocycles. The number of carbonyl (C=O) groups excluding carboxylic acids is 5. The van der Waals surface area contributed by atoms with Gasteiger partial charge in [-0.2, -0.15) is 0 Å². The Morgan fingerprint density at radius 3 is 1.46 bits per heavy atom. The molecular formula is C16H29N7O5. The van der Waals surface area contributed by atoms with Gasteiger partial charge in [-0.05, 0) is 38.8 Å². The summed E-state index contributed by atoms with van der Waals surface area (Å²) >= 11 is 0. The molecule has 5 amide bonds. The zero-order chi connectivity index (χ0) is 20.9. The highest BCUT2D eigenvalue weighted by Crippen LogP contribution is 1.99. The molecule has 0 aromatic carbocycles. The van der Waals surface area contributed by atoms with Gasteiger partial charge in [-0.15, -0.1) is 0 Å². The lowest BCUT2D eigenvalue weighted by molar-refractivity contribution is -0.131. The minimum absolute atomic E-state index is 0.281. The summed E-state index contributed by atoms with van der Waals surface area (Å²) in [6.07, 6.45) is 1.53. The van der Waals surface area contributed by atoms with Crippen LogP contribution < -0.4 is 38.1 Å². The average Bonchev–Trinajstić information content (AvgIpc) is 2.68. The minimum Gasteiger partial charge on any atom is -0.346 e. The van der Waals surface area contributed by atoms with Crippen LogP contribution in [0.15, 0.2) is 0 Å². The van der Waals surface area contributed by atoms with Crippen molar-refractivity contribution in [3.8, 4) is 0 Å². The van der Waals surface area contributed by atoms with Gasteiger partial charge in [0, 0.05) is 0 Å². The number of carbonyl (C=O) groups is 5. The van der Waals surface area contributed by atoms with E-state index in [-0.39, 0.29) is 32.5 Å². The van der Waals surface area contributed by atoms with Crippen LogP contribution in [0.2, 0.25) is 0 Å². The predicted molar refractivity (Wildman–Crippen MR) is 99.5 cm³/mol. The van der Waals surface area contributed by atoms with Crippen molar-refractivity contribution in [1.29, 1.82) is 0 Å². The molecule has 158 valence electrons. The molecule has 2 unspecified atom stereocenters. The Morgan fingerprint density at radius 2 is 1.04 bits per heavy atom. The van der Waals surface area contributed by atoms with Gasteiger partial charge in [0.1, 0.15) is 12.1 Å². The first-order chi connectivity index (χ1) is 13.4. The van der Waals surface area contributed by atoms with Crippen molar-refractivity contribution in [3.05, 3.63) is 0 Å². The molecule has 12 nitrogen and oxygen atoms in total. The molecule has 0 aromatic heterocycles. The summed E-state index contributed by atoms with van der Waals surface area (Å²) < 4.78 is 0. The maximum atomic E-state index is 12.3. The molecule has 1 rings (SSSR count). The van der Waals surface area contributed by atoms with Gasteiger partial charge in [0.15, 0.2) is 0 Å². The minimum atomic E-state index is -0.890. The quantitative estimate of drug-likeness (QED) is 0.235. The topological polar surface area (TPSA) is 198 Å². The third kappa shape index (κ3) is 8.77. The number of amides is 5. The van der Waals surface area contributed by atoms with E-state index in [0.29, 0.717) is 25.9 Å². The van der Waals surface area contributed by atoms with Crippen molar-refractivity contribution in [1.82, 2.24) is 26.6 Å². The molecule has 1 heterocycles. The van der Waals surface area contributed by atoms with E-state index in [0.717, 1.165) is 0 Å². The highest BCUT2D eigenvalue weighted by atomic mass is 16.2. The molecule has 0 aromatic rings. The van der Waals surface area contributed by atoms with Gasteiger partial charge in [-0.3, -0.25) is 24.0 Å². The van der Waals surface area contributed by atoms with E-state index in [1.54, 1.807) is 0 Å². The average molecular weight is 399 g/mol. The fourth-order valence-electron chi connectivity index (χ4n) is 2.49. The van der Waals surface area contributed by atoms with Crippen molar-refractivity contribution in [2.24, 2.45) is 11.5 Å². The molecule has 9 N–H and O–H groups in total. The SMILES string of the molecule is NCCCC1NC(=O)CNC(=O)CNC(=O)C(CCCN)NC(=O)CNC1=O. The van der Waals surface area contributed by atoms with Crippen molar-refractivity contribution < 1.29 is 24.0 Å². The van der Waals surface area contributed by atoms with Gasteiger partial charge < -0.3 is 38.1 Å². The van der Waals surface area contributed by atoms with Crippen LogP contribution in [-0.4, -0.2) is 74.3 Å². The van der Waals surface area contributed by atoms with Gasteiger partial charge >= 0.3 is 0 Å². The molecular weight excluding hydrogens is 370 g/mol. The van der Waals surface area contributed by atoms with Gasteiger partial charge in [-0.1, -0.05) is 0 Å². The van der Waals surface area contributed by atoms with Crippen molar-refractivity contribution in [2.75, 3.05) is 32.7 Å². The number of hydrogen-bond donors (Lipinski definition) is 7. The van der Waals surface area contributed by atoms with E-state index >= 15 is 0 Å². The largest absolute Gasteiger partial charge is 0.346 e. The van der Waals surface area contributed by atoms with E-state index in [1.165, 1.54) is 0 Å². The first-order valence-electron chi connectivity index (χ1n) is 9.18. The summed E-state index contributed by atoms with van der Waals surface area (Å²) in [5.41, 5.74) is 10.9. The number of nitrogens with one attached hydrogen (secondary N) is 5. The first-order valence-corrected chi connectivity index (χ1v) is 9.18. The Bertz CT molecular complexity index is 578. The Labute approximate surface area is 162 Å². The molecule has 0 bridgehead atoms. The van der Waals surface area contributed by atoms with Gasteiger partial charge in [0.2, 0.25) is 29.5 Å². The Morgan fingerprint density at radius 1 is 0.643 bits per heavy atom. The van der Waals surface area contributed by atoms with Crippen LogP contribution >= 0.6 is 0 Å². The van der Waals surface area contributed by atoms with Crippen molar-refractivity contribution >= 4 is 29.5 Å². The van der Waals surface area contributed by atoms with Gasteiger partial charge in [0.25, 0.3) is 0 Å². The molecule has 0 aliphatic carbocycles. The molecule has 1 aliphatic rings. The van der Waals surface area contributed by atoms with Gasteiger partial charge in [-0.25, -0.2) is 0 Å². The highest BCUT2D eigenvalue weighted by molar-refractivity contribution is 5.95. The van der Waals surface area contributed by atoms with Crippen molar-refractivity contribution in [3.63, 3.8) is 0 Å². The monoisotopic (exact) mass is 399 g/mol. The fourth-order valence-corrected chi connectivity index (χ4v) is 2.49. The lowest BCUT2D eigenvalue weighted by atomic mass is 10.1. The highest BCUT2D eigenvalue weighted by Gasteiger charge is 2.24. The number of rotatable bonds is 6. The van der Waals surface area contributed by atoms with Gasteiger partial charge in [0.05, 0.1) is 19.6 Å². The van der Waals surface area contributed by atoms with Crippen LogP contribution in [0.4, 0.5) is 0 Å². The van der Waals surface area contributed by atoms with Crippen LogP contribution in [0, 0.1) is 0 Å². The van der Waals surface area contributed by atoms with E-state index < -0.39 is 41.6 Å². The Kier molecular flexibility index (Phi) is 10.5. The second-order valence-electron chi connectivity index (χ2n) is 6.31. The third-order valence-corrected chi connectivity index (χ3v) is 3.99. The molecule has 0 saturated carbocycles. The van der Waals surface area contributed by atoms with E-state index in [4.69, 9.17) is 11.5 Å². The first kappa shape index (κ1) is 23.3. The van der Waals surface area contributed by atoms with E-state index in [9.17, 15) is 24.0 Å². The zero-order valence-corrected chi connectivity index (χ0v) is 15.7. The molecule has 0 radical (unpaired) electrons. The third-order valence-electron chi connectivity index (χ3n) is 3.99. The molecule has 12 heteroatoms. The van der Waals surface area contributed by atoms with Crippen LogP contribution in [0.25, 0.3) is 0 Å². The maximum absolute atomic E-state index is 12.3. The molecule has 28 heavy (non-hydrogen) atoms. The lowest BCUT2D eigenvalue weighted by Gasteiger charge is -2.19. The summed E-state index contributed by atoms with van der Waals surface area (Å²) in [7, 11) is 0. The van der Waals surface area contributed by atoms with Crippen LogP contribution in [0.5, 0.6) is 0 Å². The number of hydrogen-bond acceptors (Lipinski definition) is 7. The maximum Gasteiger partial charge on any atom is 0.243 e. The summed E-state index contributed by atoms with van der Waals surface area (Å²) in [5.74, 6) is -2.83. The standard InChI is InChI=1S/C16H29N7O5/c17-5-1-3-10-15(27)20-7-12(24)19-8-13(25)22-11(4-2-6-18)16(28)21-9-14(26)23-10/h10-11H,1-9,17-18H2,(H,19,24)(H,20,27)(H,21,28)(H,22,25)(H,23,26). The van der Waals surface area contributed by atoms with Crippen LogP contribution in [-0.2, 0) is 24.0 Å². The summed E-state index contributed by atoms with van der Waals surface area (Å²) in [4.78, 5) is 60.4. The van der Waals surface area contributed by atoms with E-state index in [2.05, 4.69) is 26.6 Å². The zero-order valence-electron chi connectivity index (χ0n) is 15.7. The number of nitrogens with two attached hydrogens (primary N) is 2. The fraction of sp³-hybridized carbons (Fsp3) is 0.688. The molecule has 1 fully saturated rings. The van der Waals surface area contributed by atoms with Crippen molar-refractivity contribution in [2.45, 2.75) is 37.8 Å². The van der Waals surface area contributed by atoms with E-state index in [1.807, 2.05) is 0 Å². The second kappa shape index (κ2) is 12.6. The second-order valence-corrected chi connectivity index (χ2v) is 6.31. The Hall–Kier alpha value is -2.73. The van der Waals surface area contributed by atoms with Crippen LogP contribution in [0.1, 0.15) is 25.7 Å². The molecule has 2 atom stereocenters. The summed E-state index contributed by atoms with van der Waals surface area (Å²) in [5, 5.41) is 12.2. The summed E-state index contributed by atoms with van der Waals surface area (Å²) in [6.45, 7) is -0.415. The smallest absolute Gasteiger partial charge is 0.243 e. The molecule has 1 aliphatic heterocycles. The molecule has 0 spiro atoms. The lowest BCUT2D eigenvalue weighted by Crippen LogP contribution is -2.52. The Balaban J connectivity index is 2.88. The normalized spacial score (nSPS) is 22.7. The van der Waals surface area contributed by atoms with Crippen LogP contribution in [0.3, 0.4) is 0 Å². The summed E-state index contributed by atoms with van der Waals surface area (Å²) in [6, 6.07) is -1.78. The predicted octanol–water partition coefficient (Wildman–Crippen LogP) is -4.20.